The Morgan fingerprint density at radius 1 is 1.29 bits per heavy atom. The molecule has 1 aliphatic carbocycles. The number of hydrogen-bond acceptors (Lipinski definition) is 3. The molecule has 1 aromatic rings. The van der Waals surface area contributed by atoms with E-state index in [4.69, 9.17) is 0 Å². The highest BCUT2D eigenvalue weighted by atomic mass is 16.3. The van der Waals surface area contributed by atoms with Gasteiger partial charge in [0.05, 0.1) is 6.10 Å². The number of amides is 2. The Bertz CT molecular complexity index is 568. The van der Waals surface area contributed by atoms with Gasteiger partial charge in [0.15, 0.2) is 0 Å². The maximum Gasteiger partial charge on any atom is 0.319 e. The van der Waals surface area contributed by atoms with Gasteiger partial charge in [-0.15, -0.1) is 0 Å². The number of piperidine rings is 1. The molecule has 5 heteroatoms. The molecule has 1 unspecified atom stereocenters. The molecule has 0 radical (unpaired) electrons. The Morgan fingerprint density at radius 2 is 2.04 bits per heavy atom. The fourth-order valence-corrected chi connectivity index (χ4v) is 3.64. The van der Waals surface area contributed by atoms with Crippen molar-refractivity contribution in [2.75, 3.05) is 31.5 Å². The summed E-state index contributed by atoms with van der Waals surface area (Å²) in [4.78, 5) is 14.3. The predicted molar refractivity (Wildman–Crippen MR) is 96.3 cm³/mol. The number of fused-ring (bicyclic) bond motifs is 1. The summed E-state index contributed by atoms with van der Waals surface area (Å²) in [5.41, 5.74) is 3.56. The zero-order valence-corrected chi connectivity index (χ0v) is 14.6. The van der Waals surface area contributed by atoms with Crippen molar-refractivity contribution >= 4 is 11.7 Å². The minimum absolute atomic E-state index is 0.251. The van der Waals surface area contributed by atoms with Crippen LogP contribution in [0.2, 0.25) is 0 Å². The lowest BCUT2D eigenvalue weighted by Crippen LogP contribution is -2.43. The van der Waals surface area contributed by atoms with Crippen LogP contribution in [-0.2, 0) is 12.8 Å². The summed E-state index contributed by atoms with van der Waals surface area (Å²) >= 11 is 0. The Morgan fingerprint density at radius 3 is 2.83 bits per heavy atom. The lowest BCUT2D eigenvalue weighted by atomic mass is 9.99. The van der Waals surface area contributed by atoms with Gasteiger partial charge in [-0.25, -0.2) is 4.79 Å². The lowest BCUT2D eigenvalue weighted by Gasteiger charge is -2.31. The average Bonchev–Trinajstić information content (AvgIpc) is 3.03. The van der Waals surface area contributed by atoms with Gasteiger partial charge in [-0.1, -0.05) is 13.0 Å². The second kappa shape index (κ2) is 7.99. The number of hydrogen-bond donors (Lipinski definition) is 3. The molecule has 0 bridgehead atoms. The van der Waals surface area contributed by atoms with Crippen molar-refractivity contribution in [2.24, 2.45) is 5.92 Å². The molecule has 3 rings (SSSR count). The number of urea groups is 1. The van der Waals surface area contributed by atoms with Gasteiger partial charge in [0.25, 0.3) is 0 Å². The molecule has 24 heavy (non-hydrogen) atoms. The van der Waals surface area contributed by atoms with Crippen molar-refractivity contribution in [1.29, 1.82) is 0 Å². The summed E-state index contributed by atoms with van der Waals surface area (Å²) in [6.45, 7) is 5.27. The molecule has 132 valence electrons. The molecule has 1 heterocycles. The third-order valence-corrected chi connectivity index (χ3v) is 5.20. The zero-order valence-electron chi connectivity index (χ0n) is 14.6. The van der Waals surface area contributed by atoms with Crippen LogP contribution < -0.4 is 10.6 Å². The first kappa shape index (κ1) is 17.2. The van der Waals surface area contributed by atoms with Crippen LogP contribution in [0.4, 0.5) is 10.5 Å². The normalized spacial score (nSPS) is 19.8. The number of carbonyl (C=O) groups excluding carboxylic acids is 1. The van der Waals surface area contributed by atoms with Gasteiger partial charge in [0.2, 0.25) is 0 Å². The fraction of sp³-hybridized carbons (Fsp3) is 0.632. The molecule has 1 saturated heterocycles. The van der Waals surface area contributed by atoms with E-state index >= 15 is 0 Å². The predicted octanol–water partition coefficient (Wildman–Crippen LogP) is 2.39. The minimum atomic E-state index is -0.524. The van der Waals surface area contributed by atoms with E-state index in [1.165, 1.54) is 30.4 Å². The van der Waals surface area contributed by atoms with Gasteiger partial charge in [0, 0.05) is 18.8 Å². The molecular weight excluding hydrogens is 302 g/mol. The first-order valence-corrected chi connectivity index (χ1v) is 9.17. The molecule has 1 atom stereocenters. The maximum absolute atomic E-state index is 12.0. The third-order valence-electron chi connectivity index (χ3n) is 5.20. The number of nitrogens with one attached hydrogen (secondary N) is 2. The van der Waals surface area contributed by atoms with Crippen LogP contribution in [0.25, 0.3) is 0 Å². The maximum atomic E-state index is 12.0. The van der Waals surface area contributed by atoms with Gasteiger partial charge in [0.1, 0.15) is 0 Å². The highest BCUT2D eigenvalue weighted by molar-refractivity contribution is 5.89. The first-order valence-electron chi connectivity index (χ1n) is 9.17. The summed E-state index contributed by atoms with van der Waals surface area (Å²) in [6, 6.07) is 5.87. The molecule has 1 fully saturated rings. The Kier molecular flexibility index (Phi) is 5.74. The highest BCUT2D eigenvalue weighted by Crippen LogP contribution is 2.24. The van der Waals surface area contributed by atoms with Crippen molar-refractivity contribution in [3.63, 3.8) is 0 Å². The smallest absolute Gasteiger partial charge is 0.319 e. The molecule has 1 aliphatic heterocycles. The van der Waals surface area contributed by atoms with E-state index in [0.717, 1.165) is 37.5 Å². The quantitative estimate of drug-likeness (QED) is 0.776. The van der Waals surface area contributed by atoms with Crippen molar-refractivity contribution in [2.45, 2.75) is 45.1 Å². The number of aliphatic hydroxyl groups is 1. The van der Waals surface area contributed by atoms with E-state index in [-0.39, 0.29) is 12.6 Å². The molecule has 1 aromatic carbocycles. The van der Waals surface area contributed by atoms with Crippen LogP contribution in [0.5, 0.6) is 0 Å². The first-order chi connectivity index (χ1) is 11.6. The SMILES string of the molecule is CC1CCN(CC(O)CNC(=O)Nc2ccc3c(c2)CCC3)CC1. The monoisotopic (exact) mass is 331 g/mol. The van der Waals surface area contributed by atoms with E-state index < -0.39 is 6.10 Å². The number of aryl methyl sites for hydroxylation is 2. The van der Waals surface area contributed by atoms with Crippen molar-refractivity contribution in [1.82, 2.24) is 10.2 Å². The number of β-amino-alcohol motifs (C(OH)–C–C–N with tert-alkyl or cyclic N) is 1. The molecule has 2 amide bonds. The number of carbonyl (C=O) groups is 1. The molecule has 0 aromatic heterocycles. The number of benzene rings is 1. The highest BCUT2D eigenvalue weighted by Gasteiger charge is 2.18. The topological polar surface area (TPSA) is 64.6 Å². The second-order valence-corrected chi connectivity index (χ2v) is 7.31. The third kappa shape index (κ3) is 4.71. The van der Waals surface area contributed by atoms with Crippen LogP contribution >= 0.6 is 0 Å². The summed E-state index contributed by atoms with van der Waals surface area (Å²) in [6.07, 6.45) is 5.30. The zero-order chi connectivity index (χ0) is 16.9. The molecule has 2 aliphatic rings. The second-order valence-electron chi connectivity index (χ2n) is 7.31. The van der Waals surface area contributed by atoms with Crippen LogP contribution in [-0.4, -0.2) is 48.3 Å². The number of likely N-dealkylation sites (tertiary alicyclic amines) is 1. The molecule has 3 N–H and O–H groups in total. The average molecular weight is 331 g/mol. The fourth-order valence-electron chi connectivity index (χ4n) is 3.64. The summed E-state index contributed by atoms with van der Waals surface area (Å²) in [5.74, 6) is 0.787. The largest absolute Gasteiger partial charge is 0.390 e. The van der Waals surface area contributed by atoms with Gasteiger partial charge < -0.3 is 20.6 Å². The van der Waals surface area contributed by atoms with E-state index in [1.807, 2.05) is 6.07 Å². The number of nitrogens with zero attached hydrogens (tertiary/aromatic N) is 1. The van der Waals surface area contributed by atoms with E-state index in [9.17, 15) is 9.90 Å². The minimum Gasteiger partial charge on any atom is -0.390 e. The van der Waals surface area contributed by atoms with E-state index in [0.29, 0.717) is 6.54 Å². The van der Waals surface area contributed by atoms with E-state index in [2.05, 4.69) is 34.6 Å². The van der Waals surface area contributed by atoms with Crippen molar-refractivity contribution in [3.05, 3.63) is 29.3 Å². The van der Waals surface area contributed by atoms with Crippen LogP contribution in [0.15, 0.2) is 18.2 Å². The summed E-state index contributed by atoms with van der Waals surface area (Å²) in [5, 5.41) is 15.8. The van der Waals surface area contributed by atoms with Crippen LogP contribution in [0.3, 0.4) is 0 Å². The van der Waals surface area contributed by atoms with Gasteiger partial charge in [-0.05, 0) is 74.4 Å². The molecule has 0 saturated carbocycles. The molecule has 5 nitrogen and oxygen atoms in total. The Balaban J connectivity index is 1.39. The number of anilines is 1. The number of rotatable bonds is 5. The Labute approximate surface area is 144 Å². The summed E-state index contributed by atoms with van der Waals surface area (Å²) < 4.78 is 0. The van der Waals surface area contributed by atoms with Crippen molar-refractivity contribution in [3.8, 4) is 0 Å². The van der Waals surface area contributed by atoms with Gasteiger partial charge >= 0.3 is 6.03 Å². The standard InChI is InChI=1S/C19H29N3O2/c1-14-7-9-22(10-8-14)13-18(23)12-20-19(24)21-17-6-5-15-3-2-4-16(15)11-17/h5-6,11,14,18,23H,2-4,7-10,12-13H2,1H3,(H2,20,21,24). The van der Waals surface area contributed by atoms with Crippen LogP contribution in [0, 0.1) is 5.92 Å². The summed E-state index contributed by atoms with van der Waals surface area (Å²) in [7, 11) is 0. The van der Waals surface area contributed by atoms with Gasteiger partial charge in [-0.3, -0.25) is 0 Å². The van der Waals surface area contributed by atoms with Gasteiger partial charge in [-0.2, -0.15) is 0 Å². The van der Waals surface area contributed by atoms with E-state index in [1.54, 1.807) is 0 Å². The molecular formula is C19H29N3O2. The Hall–Kier alpha value is -1.59. The number of aliphatic hydroxyl groups excluding tert-OH is 1. The van der Waals surface area contributed by atoms with Crippen LogP contribution in [0.1, 0.15) is 37.3 Å². The lowest BCUT2D eigenvalue weighted by molar-refractivity contribution is 0.0924. The van der Waals surface area contributed by atoms with Crippen molar-refractivity contribution < 1.29 is 9.90 Å². The molecule has 0 spiro atoms.